The highest BCUT2D eigenvalue weighted by Gasteiger charge is 2.14. The summed E-state index contributed by atoms with van der Waals surface area (Å²) >= 11 is 0. The zero-order valence-corrected chi connectivity index (χ0v) is 19.5. The topological polar surface area (TPSA) is 6.48 Å². The van der Waals surface area contributed by atoms with Gasteiger partial charge in [-0.15, -0.1) is 0 Å². The van der Waals surface area contributed by atoms with E-state index in [0.29, 0.717) is 0 Å². The van der Waals surface area contributed by atoms with Crippen molar-refractivity contribution in [3.63, 3.8) is 0 Å². The van der Waals surface area contributed by atoms with E-state index < -0.39 is 0 Å². The molecule has 0 heterocycles. The van der Waals surface area contributed by atoms with Crippen molar-refractivity contribution in [2.24, 2.45) is 0 Å². The molecule has 2 aromatic rings. The van der Waals surface area contributed by atoms with Crippen LogP contribution in [-0.4, -0.2) is 36.6 Å². The summed E-state index contributed by atoms with van der Waals surface area (Å²) in [6, 6.07) is 9.74. The second-order valence-electron chi connectivity index (χ2n) is 7.61. The molecular weight excluding hydrogens is 358 g/mol. The first-order valence-corrected chi connectivity index (χ1v) is 11.3. The van der Waals surface area contributed by atoms with Crippen molar-refractivity contribution < 1.29 is 0 Å². The third-order valence-electron chi connectivity index (χ3n) is 5.24. The minimum absolute atomic E-state index is 0. The summed E-state index contributed by atoms with van der Waals surface area (Å²) in [6.45, 7) is 9.08. The van der Waals surface area contributed by atoms with Crippen molar-refractivity contribution in [1.29, 1.82) is 0 Å². The Morgan fingerprint density at radius 1 is 0.571 bits per heavy atom. The van der Waals surface area contributed by atoms with Gasteiger partial charge in [0.2, 0.25) is 0 Å². The summed E-state index contributed by atoms with van der Waals surface area (Å²) in [5, 5.41) is 2.94. The van der Waals surface area contributed by atoms with Crippen LogP contribution in [0.4, 0.5) is 11.4 Å². The van der Waals surface area contributed by atoms with Crippen LogP contribution in [0.15, 0.2) is 24.3 Å². The molecule has 0 aliphatic rings. The Morgan fingerprint density at radius 2 is 0.821 bits per heavy atom. The lowest BCUT2D eigenvalue weighted by atomic mass is 10.0. The minimum Gasteiger partial charge on any atom is -0.377 e. The fourth-order valence-corrected chi connectivity index (χ4v) is 5.38. The number of nitrogens with zero attached hydrogens (tertiary/aromatic N) is 2. The zero-order chi connectivity index (χ0) is 20.1. The Kier molecular flexibility index (Phi) is 9.57. The fraction of sp³-hybridized carbons (Fsp3) is 0.500. The van der Waals surface area contributed by atoms with Crippen LogP contribution in [0, 0.1) is 0 Å². The Morgan fingerprint density at radius 3 is 1.00 bits per heavy atom. The molecule has 2 rings (SSSR count). The Balaban J connectivity index is 0.00000392. The normalized spacial score (nSPS) is 10.6. The van der Waals surface area contributed by atoms with E-state index in [1.807, 2.05) is 0 Å². The van der Waals surface area contributed by atoms with Crippen LogP contribution in [0.1, 0.15) is 49.9 Å². The minimum atomic E-state index is 0. The number of hydrogen-bond acceptors (Lipinski definition) is 2. The van der Waals surface area contributed by atoms with Gasteiger partial charge in [-0.2, -0.15) is 0 Å². The van der Waals surface area contributed by atoms with E-state index in [-0.39, 0.29) is 8.41 Å². The molecule has 154 valence electrons. The molecule has 0 saturated carbocycles. The molecule has 0 amide bonds. The predicted molar refractivity (Wildman–Crippen MR) is 137 cm³/mol. The summed E-state index contributed by atoms with van der Waals surface area (Å²) in [5.74, 6) is 0. The first-order chi connectivity index (χ1) is 12.9. The Hall–Kier alpha value is -1.47. The highest BCUT2D eigenvalue weighted by Crippen LogP contribution is 2.29. The van der Waals surface area contributed by atoms with E-state index in [2.05, 4.69) is 90.0 Å². The van der Waals surface area contributed by atoms with Gasteiger partial charge in [0.25, 0.3) is 0 Å². The fourth-order valence-electron chi connectivity index (χ4n) is 4.06. The van der Waals surface area contributed by atoms with E-state index in [9.17, 15) is 0 Å². The molecule has 0 atom stereocenters. The number of hydrogen-bond donors (Lipinski definition) is 0. The molecule has 0 aromatic heterocycles. The maximum Gasteiger partial charge on any atom is 0.0814 e. The predicted octanol–water partition coefficient (Wildman–Crippen LogP) is 3.51. The van der Waals surface area contributed by atoms with Crippen LogP contribution in [0.3, 0.4) is 0 Å². The Labute approximate surface area is 177 Å². The lowest BCUT2D eigenvalue weighted by molar-refractivity contribution is 1.02. The zero-order valence-electron chi connectivity index (χ0n) is 18.5. The van der Waals surface area contributed by atoms with E-state index in [1.165, 1.54) is 44.2 Å². The standard InChI is InChI=1S/C24H37N2P.BH3/c1-9-17-13-21(14-18(10-2)23(17)25(5)6)27-22-15-19(11-3)24(26(7)8)20(12-4)16-22;/h13-16,27H,9-12H2,1-8H3;1H3. The average molecular weight is 398 g/mol. The summed E-state index contributed by atoms with van der Waals surface area (Å²) in [7, 11) is 9.37. The maximum atomic E-state index is 2.43. The van der Waals surface area contributed by atoms with Gasteiger partial charge in [0.15, 0.2) is 0 Å². The molecule has 0 unspecified atom stereocenters. The quantitative estimate of drug-likeness (QED) is 0.496. The molecule has 0 saturated heterocycles. The van der Waals surface area contributed by atoms with E-state index >= 15 is 0 Å². The maximum absolute atomic E-state index is 2.43. The van der Waals surface area contributed by atoms with Crippen molar-refractivity contribution in [2.75, 3.05) is 38.0 Å². The van der Waals surface area contributed by atoms with Gasteiger partial charge >= 0.3 is 0 Å². The van der Waals surface area contributed by atoms with Crippen molar-refractivity contribution in [3.05, 3.63) is 46.5 Å². The van der Waals surface area contributed by atoms with E-state index in [4.69, 9.17) is 0 Å². The van der Waals surface area contributed by atoms with Gasteiger partial charge in [-0.05, 0) is 82.8 Å². The molecule has 2 nitrogen and oxygen atoms in total. The smallest absolute Gasteiger partial charge is 0.0814 e. The van der Waals surface area contributed by atoms with Gasteiger partial charge in [0.05, 0.1) is 8.41 Å². The van der Waals surface area contributed by atoms with Crippen molar-refractivity contribution in [3.8, 4) is 0 Å². The van der Waals surface area contributed by atoms with Crippen LogP contribution in [0.2, 0.25) is 0 Å². The summed E-state index contributed by atoms with van der Waals surface area (Å²) in [6.07, 6.45) is 4.33. The van der Waals surface area contributed by atoms with Gasteiger partial charge in [-0.25, -0.2) is 0 Å². The third-order valence-corrected chi connectivity index (χ3v) is 6.40. The van der Waals surface area contributed by atoms with Crippen LogP contribution in [0.5, 0.6) is 0 Å². The Bertz CT molecular complexity index is 669. The van der Waals surface area contributed by atoms with Gasteiger partial charge < -0.3 is 9.80 Å². The summed E-state index contributed by atoms with van der Waals surface area (Å²) < 4.78 is 0. The molecular formula is C24H40BN2P. The van der Waals surface area contributed by atoms with Crippen LogP contribution in [0.25, 0.3) is 0 Å². The van der Waals surface area contributed by atoms with Crippen molar-refractivity contribution in [1.82, 2.24) is 0 Å². The monoisotopic (exact) mass is 398 g/mol. The second kappa shape index (κ2) is 10.9. The first-order valence-electron chi connectivity index (χ1n) is 10.3. The lowest BCUT2D eigenvalue weighted by Crippen LogP contribution is -2.18. The summed E-state index contributed by atoms with van der Waals surface area (Å²) in [5.41, 5.74) is 8.72. The summed E-state index contributed by atoms with van der Waals surface area (Å²) in [4.78, 5) is 4.56. The molecule has 0 spiro atoms. The van der Waals surface area contributed by atoms with Crippen LogP contribution in [-0.2, 0) is 25.7 Å². The second-order valence-corrected chi connectivity index (χ2v) is 9.02. The molecule has 28 heavy (non-hydrogen) atoms. The molecule has 0 radical (unpaired) electrons. The van der Waals surface area contributed by atoms with Gasteiger partial charge in [-0.1, -0.05) is 36.3 Å². The number of aryl methyl sites for hydroxylation is 4. The number of benzene rings is 2. The van der Waals surface area contributed by atoms with Crippen molar-refractivity contribution in [2.45, 2.75) is 53.4 Å². The van der Waals surface area contributed by atoms with E-state index in [1.54, 1.807) is 0 Å². The van der Waals surface area contributed by atoms with Gasteiger partial charge in [-0.3, -0.25) is 0 Å². The van der Waals surface area contributed by atoms with Crippen LogP contribution >= 0.6 is 8.58 Å². The van der Waals surface area contributed by atoms with Gasteiger partial charge in [0, 0.05) is 39.6 Å². The molecule has 2 aromatic carbocycles. The van der Waals surface area contributed by atoms with Gasteiger partial charge in [0.1, 0.15) is 0 Å². The highest BCUT2D eigenvalue weighted by atomic mass is 31.1. The number of rotatable bonds is 8. The number of anilines is 2. The van der Waals surface area contributed by atoms with E-state index in [0.717, 1.165) is 34.3 Å². The average Bonchev–Trinajstić information content (AvgIpc) is 2.65. The largest absolute Gasteiger partial charge is 0.377 e. The highest BCUT2D eigenvalue weighted by molar-refractivity contribution is 7.55. The molecule has 0 aliphatic heterocycles. The third kappa shape index (κ3) is 5.32. The molecule has 0 aliphatic carbocycles. The first kappa shape index (κ1) is 24.6. The SMILES string of the molecule is B.CCc1cc(Pc2cc(CC)c(N(C)C)c(CC)c2)cc(CC)c1N(C)C. The molecule has 0 bridgehead atoms. The molecule has 4 heteroatoms. The molecule has 0 N–H and O–H groups in total. The van der Waals surface area contributed by atoms with Crippen molar-refractivity contribution >= 4 is 39.0 Å². The lowest BCUT2D eigenvalue weighted by Gasteiger charge is -2.24. The molecule has 0 fully saturated rings. The van der Waals surface area contributed by atoms with Crippen LogP contribution < -0.4 is 20.4 Å².